The van der Waals surface area contributed by atoms with Crippen LogP contribution in [0.3, 0.4) is 0 Å². The van der Waals surface area contributed by atoms with Gasteiger partial charge in [0.25, 0.3) is 0 Å². The molecule has 1 heterocycles. The molecule has 3 N–H and O–H groups in total. The van der Waals surface area contributed by atoms with Gasteiger partial charge >= 0.3 is 5.97 Å². The molecule has 1 aromatic carbocycles. The molecular formula is C13H10F3N3O2. The van der Waals surface area contributed by atoms with Crippen LogP contribution in [0.4, 0.5) is 30.4 Å². The van der Waals surface area contributed by atoms with Crippen LogP contribution in [0.15, 0.2) is 24.3 Å². The number of halogens is 3. The summed E-state index contributed by atoms with van der Waals surface area (Å²) in [5, 5.41) is 2.40. The number of rotatable bonds is 3. The van der Waals surface area contributed by atoms with E-state index in [0.29, 0.717) is 12.1 Å². The summed E-state index contributed by atoms with van der Waals surface area (Å²) in [5.74, 6) is -4.38. The molecule has 5 nitrogen and oxygen atoms in total. The second kappa shape index (κ2) is 5.70. The van der Waals surface area contributed by atoms with Crippen molar-refractivity contribution >= 4 is 23.2 Å². The Balaban J connectivity index is 2.39. The van der Waals surface area contributed by atoms with Crippen molar-refractivity contribution in [3.63, 3.8) is 0 Å². The average Bonchev–Trinajstić information content (AvgIpc) is 2.46. The number of nitrogen functional groups attached to an aromatic ring is 1. The molecule has 0 saturated carbocycles. The van der Waals surface area contributed by atoms with E-state index < -0.39 is 23.4 Å². The Morgan fingerprint density at radius 2 is 1.86 bits per heavy atom. The van der Waals surface area contributed by atoms with Gasteiger partial charge in [-0.05, 0) is 12.1 Å². The fraction of sp³-hybridized carbons (Fsp3) is 0.0769. The van der Waals surface area contributed by atoms with Crippen molar-refractivity contribution in [1.82, 2.24) is 4.98 Å². The van der Waals surface area contributed by atoms with E-state index >= 15 is 0 Å². The molecule has 8 heteroatoms. The first-order valence-corrected chi connectivity index (χ1v) is 5.68. The highest BCUT2D eigenvalue weighted by molar-refractivity contribution is 5.88. The van der Waals surface area contributed by atoms with Gasteiger partial charge in [0.05, 0.1) is 18.5 Å². The van der Waals surface area contributed by atoms with Crippen LogP contribution in [0.5, 0.6) is 0 Å². The number of pyridine rings is 1. The highest BCUT2D eigenvalue weighted by Gasteiger charge is 2.14. The third-order valence-electron chi connectivity index (χ3n) is 2.58. The quantitative estimate of drug-likeness (QED) is 0.672. The Bertz CT molecular complexity index is 707. The van der Waals surface area contributed by atoms with E-state index in [4.69, 9.17) is 5.73 Å². The molecule has 0 spiro atoms. The molecule has 0 bridgehead atoms. The first-order valence-electron chi connectivity index (χ1n) is 5.68. The molecule has 0 unspecified atom stereocenters. The van der Waals surface area contributed by atoms with Crippen LogP contribution in [-0.2, 0) is 4.74 Å². The Morgan fingerprint density at radius 1 is 1.19 bits per heavy atom. The maximum absolute atomic E-state index is 13.5. The zero-order chi connectivity index (χ0) is 15.6. The zero-order valence-electron chi connectivity index (χ0n) is 10.8. The number of aromatic nitrogens is 1. The summed E-state index contributed by atoms with van der Waals surface area (Å²) in [4.78, 5) is 15.2. The lowest BCUT2D eigenvalue weighted by Crippen LogP contribution is -2.08. The Kier molecular flexibility index (Phi) is 3.97. The monoisotopic (exact) mass is 297 g/mol. The van der Waals surface area contributed by atoms with E-state index in [2.05, 4.69) is 15.0 Å². The molecule has 0 fully saturated rings. The van der Waals surface area contributed by atoms with Gasteiger partial charge in [-0.1, -0.05) is 0 Å². The van der Waals surface area contributed by atoms with E-state index in [0.717, 1.165) is 0 Å². The summed E-state index contributed by atoms with van der Waals surface area (Å²) >= 11 is 0. The number of nitrogens with one attached hydrogen (secondary N) is 1. The van der Waals surface area contributed by atoms with Crippen molar-refractivity contribution < 1.29 is 22.7 Å². The molecule has 2 rings (SSSR count). The molecule has 0 amide bonds. The number of ether oxygens (including phenoxy) is 1. The fourth-order valence-electron chi connectivity index (χ4n) is 1.53. The lowest BCUT2D eigenvalue weighted by Gasteiger charge is -2.10. The summed E-state index contributed by atoms with van der Waals surface area (Å²) < 4.78 is 44.0. The van der Waals surface area contributed by atoms with Crippen LogP contribution in [0.1, 0.15) is 10.5 Å². The van der Waals surface area contributed by atoms with Crippen LogP contribution < -0.4 is 11.1 Å². The number of esters is 1. The van der Waals surface area contributed by atoms with Crippen molar-refractivity contribution in [2.24, 2.45) is 0 Å². The highest BCUT2D eigenvalue weighted by Crippen LogP contribution is 2.25. The Morgan fingerprint density at radius 3 is 2.52 bits per heavy atom. The molecule has 0 atom stereocenters. The molecule has 110 valence electrons. The third-order valence-corrected chi connectivity index (χ3v) is 2.58. The molecule has 0 aliphatic carbocycles. The summed E-state index contributed by atoms with van der Waals surface area (Å²) in [7, 11) is 1.17. The van der Waals surface area contributed by atoms with Crippen LogP contribution in [0, 0.1) is 17.5 Å². The molecule has 0 aliphatic heterocycles. The van der Waals surface area contributed by atoms with Gasteiger partial charge in [-0.25, -0.2) is 22.9 Å². The first kappa shape index (κ1) is 14.6. The predicted molar refractivity (Wildman–Crippen MR) is 69.6 cm³/mol. The van der Waals surface area contributed by atoms with Crippen LogP contribution in [0.25, 0.3) is 0 Å². The standard InChI is InChI=1S/C13H10F3N3O2/c1-21-13(20)10-3-2-9(17)12(18-10)19-11-5-7(15)6(14)4-8(11)16/h2-5H,17H2,1H3,(H,18,19). The number of nitrogens with two attached hydrogens (primary N) is 1. The third kappa shape index (κ3) is 3.04. The van der Waals surface area contributed by atoms with E-state index in [1.165, 1.54) is 19.2 Å². The van der Waals surface area contributed by atoms with Crippen molar-refractivity contribution in [3.05, 3.63) is 47.4 Å². The van der Waals surface area contributed by atoms with Gasteiger partial charge in [0.1, 0.15) is 5.82 Å². The largest absolute Gasteiger partial charge is 0.464 e. The number of carbonyl (C=O) groups excluding carboxylic acids is 1. The Hall–Kier alpha value is -2.77. The molecule has 1 aromatic heterocycles. The van der Waals surface area contributed by atoms with Gasteiger partial charge < -0.3 is 15.8 Å². The lowest BCUT2D eigenvalue weighted by molar-refractivity contribution is 0.0594. The van der Waals surface area contributed by atoms with Crippen LogP contribution >= 0.6 is 0 Å². The summed E-state index contributed by atoms with van der Waals surface area (Å²) in [6, 6.07) is 3.67. The first-order chi connectivity index (χ1) is 9.92. The average molecular weight is 297 g/mol. The number of hydrogen-bond acceptors (Lipinski definition) is 5. The van der Waals surface area contributed by atoms with Crippen LogP contribution in [-0.4, -0.2) is 18.1 Å². The normalized spacial score (nSPS) is 10.3. The molecule has 21 heavy (non-hydrogen) atoms. The van der Waals surface area contributed by atoms with E-state index in [9.17, 15) is 18.0 Å². The zero-order valence-corrected chi connectivity index (χ0v) is 10.8. The van der Waals surface area contributed by atoms with Crippen molar-refractivity contribution in [1.29, 1.82) is 0 Å². The minimum atomic E-state index is -1.32. The van der Waals surface area contributed by atoms with Crippen LogP contribution in [0.2, 0.25) is 0 Å². The second-order valence-electron chi connectivity index (χ2n) is 4.00. The summed E-state index contributed by atoms with van der Waals surface area (Å²) in [6.07, 6.45) is 0. The van der Waals surface area contributed by atoms with Gasteiger partial charge in [-0.2, -0.15) is 0 Å². The van der Waals surface area contributed by atoms with Crippen molar-refractivity contribution in [2.75, 3.05) is 18.2 Å². The number of nitrogens with zero attached hydrogens (tertiary/aromatic N) is 1. The van der Waals surface area contributed by atoms with Gasteiger partial charge in [-0.15, -0.1) is 0 Å². The van der Waals surface area contributed by atoms with Crippen molar-refractivity contribution in [3.8, 4) is 0 Å². The van der Waals surface area contributed by atoms with Gasteiger partial charge in [0.2, 0.25) is 0 Å². The molecule has 0 saturated heterocycles. The number of hydrogen-bond donors (Lipinski definition) is 2. The second-order valence-corrected chi connectivity index (χ2v) is 4.00. The topological polar surface area (TPSA) is 77.2 Å². The minimum Gasteiger partial charge on any atom is -0.464 e. The highest BCUT2D eigenvalue weighted by atomic mass is 19.2. The molecular weight excluding hydrogens is 287 g/mol. The SMILES string of the molecule is COC(=O)c1ccc(N)c(Nc2cc(F)c(F)cc2F)n1. The smallest absolute Gasteiger partial charge is 0.356 e. The van der Waals surface area contributed by atoms with E-state index in [-0.39, 0.29) is 22.9 Å². The van der Waals surface area contributed by atoms with Gasteiger partial charge in [-0.3, -0.25) is 0 Å². The molecule has 2 aromatic rings. The summed E-state index contributed by atoms with van der Waals surface area (Å²) in [5.41, 5.74) is 5.28. The van der Waals surface area contributed by atoms with Crippen molar-refractivity contribution in [2.45, 2.75) is 0 Å². The summed E-state index contributed by atoms with van der Waals surface area (Å²) in [6.45, 7) is 0. The maximum Gasteiger partial charge on any atom is 0.356 e. The molecule has 0 aliphatic rings. The molecule has 0 radical (unpaired) electrons. The van der Waals surface area contributed by atoms with Gasteiger partial charge in [0.15, 0.2) is 23.1 Å². The number of methoxy groups -OCH3 is 1. The predicted octanol–water partition coefficient (Wildman–Crippen LogP) is 2.61. The lowest BCUT2D eigenvalue weighted by atomic mass is 10.2. The maximum atomic E-state index is 13.5. The number of carbonyl (C=O) groups is 1. The fourth-order valence-corrected chi connectivity index (χ4v) is 1.53. The minimum absolute atomic E-state index is 0.0720. The van der Waals surface area contributed by atoms with Gasteiger partial charge in [0, 0.05) is 12.1 Å². The van der Waals surface area contributed by atoms with E-state index in [1.54, 1.807) is 0 Å². The number of anilines is 3. The Labute approximate surface area is 117 Å². The van der Waals surface area contributed by atoms with E-state index in [1.807, 2.05) is 0 Å². The number of benzene rings is 1.